The van der Waals surface area contributed by atoms with Gasteiger partial charge in [0.2, 0.25) is 0 Å². The normalized spacial score (nSPS) is 28.5. The van der Waals surface area contributed by atoms with E-state index in [-0.39, 0.29) is 0 Å². The van der Waals surface area contributed by atoms with E-state index in [1.54, 1.807) is 0 Å². The first kappa shape index (κ1) is 11.5. The maximum Gasteiger partial charge on any atom is 0.129 e. The van der Waals surface area contributed by atoms with Crippen molar-refractivity contribution in [1.29, 1.82) is 0 Å². The van der Waals surface area contributed by atoms with E-state index in [0.717, 1.165) is 26.2 Å². The second kappa shape index (κ2) is 4.92. The molecule has 2 saturated heterocycles. The third-order valence-electron chi connectivity index (χ3n) is 3.84. The summed E-state index contributed by atoms with van der Waals surface area (Å²) in [6.07, 6.45) is 5.52. The summed E-state index contributed by atoms with van der Waals surface area (Å²) in [7, 11) is 0. The maximum absolute atomic E-state index is 5.78. The SMILES string of the molecule is Clc1ccc(CCN2C3CCC2COC3)cn1. The summed E-state index contributed by atoms with van der Waals surface area (Å²) in [5.41, 5.74) is 1.26. The molecular formula is C13H17ClN2O. The fraction of sp³-hybridized carbons (Fsp3) is 0.615. The molecule has 0 radical (unpaired) electrons. The summed E-state index contributed by atoms with van der Waals surface area (Å²) >= 11 is 5.78. The van der Waals surface area contributed by atoms with Crippen LogP contribution in [0.15, 0.2) is 18.3 Å². The Balaban J connectivity index is 1.59. The molecule has 0 aromatic carbocycles. The van der Waals surface area contributed by atoms with E-state index in [1.165, 1.54) is 18.4 Å². The van der Waals surface area contributed by atoms with Crippen molar-refractivity contribution < 1.29 is 4.74 Å². The molecule has 2 unspecified atom stereocenters. The van der Waals surface area contributed by atoms with Crippen LogP contribution in [0.2, 0.25) is 5.15 Å². The van der Waals surface area contributed by atoms with E-state index >= 15 is 0 Å². The van der Waals surface area contributed by atoms with Gasteiger partial charge in [-0.25, -0.2) is 4.98 Å². The van der Waals surface area contributed by atoms with Crippen molar-refractivity contribution in [3.63, 3.8) is 0 Å². The van der Waals surface area contributed by atoms with Gasteiger partial charge in [-0.3, -0.25) is 4.90 Å². The molecule has 4 heteroatoms. The molecule has 2 bridgehead atoms. The van der Waals surface area contributed by atoms with Gasteiger partial charge in [-0.1, -0.05) is 17.7 Å². The summed E-state index contributed by atoms with van der Waals surface area (Å²) in [6, 6.07) is 5.23. The Bertz CT molecular complexity index is 366. The number of nitrogens with zero attached hydrogens (tertiary/aromatic N) is 2. The average molecular weight is 253 g/mol. The van der Waals surface area contributed by atoms with Crippen molar-refractivity contribution in [3.8, 4) is 0 Å². The Morgan fingerprint density at radius 3 is 2.71 bits per heavy atom. The molecule has 0 N–H and O–H groups in total. The summed E-state index contributed by atoms with van der Waals surface area (Å²) < 4.78 is 5.58. The number of pyridine rings is 1. The molecule has 92 valence electrons. The quantitative estimate of drug-likeness (QED) is 0.771. The summed E-state index contributed by atoms with van der Waals surface area (Å²) in [4.78, 5) is 6.73. The maximum atomic E-state index is 5.78. The first-order chi connectivity index (χ1) is 8.33. The van der Waals surface area contributed by atoms with Crippen molar-refractivity contribution >= 4 is 11.6 Å². The lowest BCUT2D eigenvalue weighted by Crippen LogP contribution is -2.46. The van der Waals surface area contributed by atoms with Crippen molar-refractivity contribution in [1.82, 2.24) is 9.88 Å². The fourth-order valence-electron chi connectivity index (χ4n) is 2.89. The van der Waals surface area contributed by atoms with Gasteiger partial charge < -0.3 is 4.74 Å². The second-order valence-electron chi connectivity index (χ2n) is 4.90. The predicted octanol–water partition coefficient (Wildman–Crippen LogP) is 2.14. The minimum atomic E-state index is 0.570. The largest absolute Gasteiger partial charge is 0.378 e. The number of fused-ring (bicyclic) bond motifs is 2. The van der Waals surface area contributed by atoms with Crippen molar-refractivity contribution in [2.24, 2.45) is 0 Å². The molecule has 0 amide bonds. The first-order valence-electron chi connectivity index (χ1n) is 6.27. The summed E-state index contributed by atoms with van der Waals surface area (Å²) in [5.74, 6) is 0. The van der Waals surface area contributed by atoms with Crippen LogP contribution >= 0.6 is 11.6 Å². The summed E-state index contributed by atoms with van der Waals surface area (Å²) in [6.45, 7) is 2.94. The van der Waals surface area contributed by atoms with Gasteiger partial charge in [0.15, 0.2) is 0 Å². The number of ether oxygens (including phenoxy) is 1. The van der Waals surface area contributed by atoms with E-state index in [0.29, 0.717) is 17.2 Å². The monoisotopic (exact) mass is 252 g/mol. The molecule has 1 aromatic heterocycles. The number of morpholine rings is 1. The van der Waals surface area contributed by atoms with Gasteiger partial charge in [0.25, 0.3) is 0 Å². The first-order valence-corrected chi connectivity index (χ1v) is 6.64. The molecule has 3 nitrogen and oxygen atoms in total. The van der Waals surface area contributed by atoms with Crippen LogP contribution in [0.5, 0.6) is 0 Å². The summed E-state index contributed by atoms with van der Waals surface area (Å²) in [5, 5.41) is 0.570. The molecule has 2 fully saturated rings. The van der Waals surface area contributed by atoms with Crippen LogP contribution < -0.4 is 0 Å². The van der Waals surface area contributed by atoms with E-state index in [9.17, 15) is 0 Å². The number of rotatable bonds is 3. The average Bonchev–Trinajstić information content (AvgIpc) is 2.58. The number of hydrogen-bond donors (Lipinski definition) is 0. The van der Waals surface area contributed by atoms with E-state index in [1.807, 2.05) is 12.3 Å². The highest BCUT2D eigenvalue weighted by molar-refractivity contribution is 6.29. The molecule has 3 rings (SSSR count). The van der Waals surface area contributed by atoms with Gasteiger partial charge >= 0.3 is 0 Å². The van der Waals surface area contributed by atoms with Gasteiger partial charge in [-0.15, -0.1) is 0 Å². The second-order valence-corrected chi connectivity index (χ2v) is 5.29. The predicted molar refractivity (Wildman–Crippen MR) is 67.3 cm³/mol. The lowest BCUT2D eigenvalue weighted by Gasteiger charge is -2.34. The van der Waals surface area contributed by atoms with Crippen molar-refractivity contribution in [2.75, 3.05) is 19.8 Å². The number of hydrogen-bond acceptors (Lipinski definition) is 3. The molecule has 3 heterocycles. The molecule has 0 spiro atoms. The minimum Gasteiger partial charge on any atom is -0.378 e. The minimum absolute atomic E-state index is 0.570. The van der Waals surface area contributed by atoms with Crippen molar-refractivity contribution in [2.45, 2.75) is 31.3 Å². The van der Waals surface area contributed by atoms with Crippen LogP contribution in [0.25, 0.3) is 0 Å². The molecule has 2 atom stereocenters. The van der Waals surface area contributed by atoms with Gasteiger partial charge in [-0.2, -0.15) is 0 Å². The molecule has 17 heavy (non-hydrogen) atoms. The van der Waals surface area contributed by atoms with Crippen LogP contribution in [0.4, 0.5) is 0 Å². The zero-order valence-corrected chi connectivity index (χ0v) is 10.6. The zero-order chi connectivity index (χ0) is 11.7. The third kappa shape index (κ3) is 2.46. The lowest BCUT2D eigenvalue weighted by molar-refractivity contribution is -0.0137. The Kier molecular flexibility index (Phi) is 3.32. The topological polar surface area (TPSA) is 25.4 Å². The molecule has 1 aromatic rings. The van der Waals surface area contributed by atoms with Crippen LogP contribution in [0, 0.1) is 0 Å². The molecular weight excluding hydrogens is 236 g/mol. The van der Waals surface area contributed by atoms with E-state index in [2.05, 4.69) is 16.0 Å². The van der Waals surface area contributed by atoms with Crippen LogP contribution in [0.1, 0.15) is 18.4 Å². The fourth-order valence-corrected chi connectivity index (χ4v) is 3.00. The van der Waals surface area contributed by atoms with Crippen molar-refractivity contribution in [3.05, 3.63) is 29.0 Å². The highest BCUT2D eigenvalue weighted by Crippen LogP contribution is 2.28. The van der Waals surface area contributed by atoms with E-state index < -0.39 is 0 Å². The third-order valence-corrected chi connectivity index (χ3v) is 4.06. The standard InChI is InChI=1S/C13H17ClN2O/c14-13-4-1-10(7-15-13)5-6-16-11-2-3-12(16)9-17-8-11/h1,4,7,11-12H,2-3,5-6,8-9H2. The smallest absolute Gasteiger partial charge is 0.129 e. The molecule has 2 aliphatic rings. The van der Waals surface area contributed by atoms with Crippen LogP contribution in [-0.4, -0.2) is 41.7 Å². The van der Waals surface area contributed by atoms with Gasteiger partial charge in [0.05, 0.1) is 13.2 Å². The Hall–Kier alpha value is -0.640. The number of aromatic nitrogens is 1. The van der Waals surface area contributed by atoms with E-state index in [4.69, 9.17) is 16.3 Å². The van der Waals surface area contributed by atoms with Gasteiger partial charge in [0.1, 0.15) is 5.15 Å². The van der Waals surface area contributed by atoms with Gasteiger partial charge in [-0.05, 0) is 30.9 Å². The van der Waals surface area contributed by atoms with Crippen LogP contribution in [0.3, 0.4) is 0 Å². The highest BCUT2D eigenvalue weighted by atomic mass is 35.5. The van der Waals surface area contributed by atoms with Crippen LogP contribution in [-0.2, 0) is 11.2 Å². The zero-order valence-electron chi connectivity index (χ0n) is 9.81. The Morgan fingerprint density at radius 2 is 2.06 bits per heavy atom. The highest BCUT2D eigenvalue weighted by Gasteiger charge is 2.36. The molecule has 2 aliphatic heterocycles. The molecule has 0 aliphatic carbocycles. The molecule has 0 saturated carbocycles. The van der Waals surface area contributed by atoms with Gasteiger partial charge in [0, 0.05) is 24.8 Å². The Morgan fingerprint density at radius 1 is 1.29 bits per heavy atom. The lowest BCUT2D eigenvalue weighted by atomic mass is 10.1. The Labute approximate surface area is 107 Å². The number of halogens is 1.